The van der Waals surface area contributed by atoms with Crippen molar-refractivity contribution < 1.29 is 18.3 Å². The highest BCUT2D eigenvalue weighted by atomic mass is 32.2. The third-order valence-corrected chi connectivity index (χ3v) is 5.24. The molecule has 0 fully saturated rings. The van der Waals surface area contributed by atoms with Crippen molar-refractivity contribution >= 4 is 22.0 Å². The molecule has 0 saturated carbocycles. The molecule has 28 heavy (non-hydrogen) atoms. The Morgan fingerprint density at radius 2 is 1.93 bits per heavy atom. The minimum Gasteiger partial charge on any atom is -0.480 e. The van der Waals surface area contributed by atoms with Crippen LogP contribution in [0.3, 0.4) is 0 Å². The second kappa shape index (κ2) is 12.0. The number of sulfonamides is 1. The van der Waals surface area contributed by atoms with E-state index in [0.717, 1.165) is 18.4 Å². The van der Waals surface area contributed by atoms with E-state index in [2.05, 4.69) is 21.6 Å². The first-order valence-corrected chi connectivity index (χ1v) is 10.7. The van der Waals surface area contributed by atoms with Gasteiger partial charge in [0.15, 0.2) is 5.96 Å². The van der Waals surface area contributed by atoms with Crippen LogP contribution >= 0.6 is 0 Å². The fraction of sp³-hybridized carbons (Fsp3) is 0.474. The quantitative estimate of drug-likeness (QED) is 0.184. The van der Waals surface area contributed by atoms with E-state index in [1.54, 1.807) is 24.3 Å². The average molecular weight is 409 g/mol. The van der Waals surface area contributed by atoms with E-state index >= 15 is 0 Å². The molecule has 0 aliphatic carbocycles. The number of nitrogens with two attached hydrogens (primary N) is 2. The molecule has 0 aliphatic heterocycles. The maximum Gasteiger partial charge on any atom is 0.322 e. The van der Waals surface area contributed by atoms with E-state index in [9.17, 15) is 18.3 Å². The maximum absolute atomic E-state index is 12.0. The normalized spacial score (nSPS) is 11.9. The molecule has 1 unspecified atom stereocenters. The molecule has 1 aromatic carbocycles. The molecule has 0 aliphatic rings. The smallest absolute Gasteiger partial charge is 0.322 e. The second-order valence-electron chi connectivity index (χ2n) is 6.29. The largest absolute Gasteiger partial charge is 0.480 e. The van der Waals surface area contributed by atoms with Crippen molar-refractivity contribution in [2.45, 2.75) is 45.1 Å². The number of nitrogens with one attached hydrogen (secondary N) is 1. The van der Waals surface area contributed by atoms with Gasteiger partial charge in [0.05, 0.1) is 5.75 Å². The number of nitrogens with zero attached hydrogens (tertiary/aromatic N) is 1. The topological polar surface area (TPSA) is 148 Å². The molecule has 8 nitrogen and oxygen atoms in total. The van der Waals surface area contributed by atoms with Crippen molar-refractivity contribution in [3.63, 3.8) is 0 Å². The van der Waals surface area contributed by atoms with Gasteiger partial charge in [-0.25, -0.2) is 13.1 Å². The second-order valence-corrected chi connectivity index (χ2v) is 8.17. The Hall–Kier alpha value is -2.57. The number of aliphatic imine (C=N–C) groups is 1. The molecule has 6 N–H and O–H groups in total. The number of carbonyl (C=O) groups is 1. The standard InChI is InChI=1S/C19H28N4O4S/c1-2-3-13-28(26,27)23-17(18(24)25)14-16-10-8-15(9-11-16)7-5-4-6-12-22-19(20)21/h8-11,17,23H,2-4,6,12-14H2,1H3,(H,24,25)(H4,20,21,22). The van der Waals surface area contributed by atoms with Crippen LogP contribution in [0.15, 0.2) is 29.3 Å². The average Bonchev–Trinajstić information content (AvgIpc) is 2.63. The molecular weight excluding hydrogens is 380 g/mol. The highest BCUT2D eigenvalue weighted by Gasteiger charge is 2.23. The summed E-state index contributed by atoms with van der Waals surface area (Å²) in [7, 11) is -3.62. The Kier molecular flexibility index (Phi) is 10.1. The van der Waals surface area contributed by atoms with Crippen LogP contribution in [-0.2, 0) is 21.2 Å². The number of benzene rings is 1. The van der Waals surface area contributed by atoms with Gasteiger partial charge in [-0.2, -0.15) is 0 Å². The van der Waals surface area contributed by atoms with Crippen molar-refractivity contribution in [3.8, 4) is 11.8 Å². The zero-order valence-corrected chi connectivity index (χ0v) is 16.8. The lowest BCUT2D eigenvalue weighted by molar-refractivity contribution is -0.138. The summed E-state index contributed by atoms with van der Waals surface area (Å²) >= 11 is 0. The predicted molar refractivity (Wildman–Crippen MR) is 110 cm³/mol. The van der Waals surface area contributed by atoms with Crippen LogP contribution < -0.4 is 16.2 Å². The molecule has 1 atom stereocenters. The summed E-state index contributed by atoms with van der Waals surface area (Å²) in [5.41, 5.74) is 12.0. The van der Waals surface area contributed by atoms with Gasteiger partial charge in [0.1, 0.15) is 6.04 Å². The summed E-state index contributed by atoms with van der Waals surface area (Å²) in [6.07, 6.45) is 2.67. The highest BCUT2D eigenvalue weighted by molar-refractivity contribution is 7.89. The van der Waals surface area contributed by atoms with Crippen molar-refractivity contribution in [1.29, 1.82) is 0 Å². The number of unbranched alkanes of at least 4 members (excludes halogenated alkanes) is 2. The zero-order chi connectivity index (χ0) is 21.0. The Morgan fingerprint density at radius 3 is 2.50 bits per heavy atom. The summed E-state index contributed by atoms with van der Waals surface area (Å²) in [4.78, 5) is 15.3. The molecule has 154 valence electrons. The number of rotatable bonds is 11. The van der Waals surface area contributed by atoms with Crippen LogP contribution in [0.2, 0.25) is 0 Å². The Balaban J connectivity index is 2.64. The van der Waals surface area contributed by atoms with Crippen molar-refractivity contribution in [2.24, 2.45) is 16.5 Å². The molecule has 0 bridgehead atoms. The molecule has 0 aromatic heterocycles. The minimum absolute atomic E-state index is 0.0624. The first-order chi connectivity index (χ1) is 13.2. The number of hydrogen-bond acceptors (Lipinski definition) is 4. The summed E-state index contributed by atoms with van der Waals surface area (Å²) in [6, 6.07) is 5.86. The van der Waals surface area contributed by atoms with Gasteiger partial charge < -0.3 is 16.6 Å². The first kappa shape index (κ1) is 23.5. The number of guanidine groups is 1. The molecule has 0 radical (unpaired) electrons. The van der Waals surface area contributed by atoms with Gasteiger partial charge in [-0.05, 0) is 37.0 Å². The van der Waals surface area contributed by atoms with Gasteiger partial charge in [-0.15, -0.1) is 0 Å². The van der Waals surface area contributed by atoms with Gasteiger partial charge >= 0.3 is 5.97 Å². The van der Waals surface area contributed by atoms with E-state index in [-0.39, 0.29) is 18.1 Å². The maximum atomic E-state index is 12.0. The molecule has 1 aromatic rings. The molecule has 1 rings (SSSR count). The van der Waals surface area contributed by atoms with Crippen molar-refractivity contribution in [2.75, 3.05) is 12.3 Å². The Bertz CT molecular complexity index is 820. The monoisotopic (exact) mass is 408 g/mol. The van der Waals surface area contributed by atoms with E-state index in [1.165, 1.54) is 0 Å². The van der Waals surface area contributed by atoms with Crippen molar-refractivity contribution in [3.05, 3.63) is 35.4 Å². The summed E-state index contributed by atoms with van der Waals surface area (Å²) in [5.74, 6) is 4.81. The summed E-state index contributed by atoms with van der Waals surface area (Å²) in [6.45, 7) is 2.40. The summed E-state index contributed by atoms with van der Waals surface area (Å²) in [5, 5.41) is 9.33. The van der Waals surface area contributed by atoms with Crippen LogP contribution in [0.1, 0.15) is 43.7 Å². The SMILES string of the molecule is CCCCS(=O)(=O)NC(Cc1ccc(C#CCCCN=C(N)N)cc1)C(=O)O. The third kappa shape index (κ3) is 9.94. The minimum atomic E-state index is -3.62. The van der Waals surface area contributed by atoms with Crippen LogP contribution in [0.5, 0.6) is 0 Å². The number of aliphatic carboxylic acids is 1. The molecule has 9 heteroatoms. The predicted octanol–water partition coefficient (Wildman–Crippen LogP) is 0.807. The fourth-order valence-corrected chi connectivity index (χ4v) is 3.69. The molecule has 0 saturated heterocycles. The van der Waals surface area contributed by atoms with E-state index in [4.69, 9.17) is 11.5 Å². The number of hydrogen-bond donors (Lipinski definition) is 4. The van der Waals surface area contributed by atoms with E-state index < -0.39 is 22.0 Å². The zero-order valence-electron chi connectivity index (χ0n) is 16.0. The van der Waals surface area contributed by atoms with Gasteiger partial charge in [-0.3, -0.25) is 9.79 Å². The van der Waals surface area contributed by atoms with Gasteiger partial charge in [0.25, 0.3) is 0 Å². The van der Waals surface area contributed by atoms with Gasteiger partial charge in [-0.1, -0.05) is 37.3 Å². The lowest BCUT2D eigenvalue weighted by atomic mass is 10.0. The van der Waals surface area contributed by atoms with E-state index in [0.29, 0.717) is 24.9 Å². The Morgan fingerprint density at radius 1 is 1.25 bits per heavy atom. The van der Waals surface area contributed by atoms with E-state index in [1.807, 2.05) is 6.92 Å². The number of carboxylic acids is 1. The van der Waals surface area contributed by atoms with Crippen LogP contribution in [0.25, 0.3) is 0 Å². The van der Waals surface area contributed by atoms with Gasteiger partial charge in [0, 0.05) is 18.5 Å². The molecule has 0 spiro atoms. The number of carboxylic acid groups (broad SMARTS) is 1. The van der Waals surface area contributed by atoms with Gasteiger partial charge in [0.2, 0.25) is 10.0 Å². The lowest BCUT2D eigenvalue weighted by Crippen LogP contribution is -2.43. The van der Waals surface area contributed by atoms with Crippen LogP contribution in [0.4, 0.5) is 0 Å². The Labute approximate surface area is 166 Å². The highest BCUT2D eigenvalue weighted by Crippen LogP contribution is 2.08. The summed E-state index contributed by atoms with van der Waals surface area (Å²) < 4.78 is 26.2. The fourth-order valence-electron chi connectivity index (χ4n) is 2.29. The molecular formula is C19H28N4O4S. The molecule has 0 amide bonds. The van der Waals surface area contributed by atoms with Crippen LogP contribution in [-0.4, -0.2) is 43.8 Å². The first-order valence-electron chi connectivity index (χ1n) is 9.09. The molecule has 0 heterocycles. The lowest BCUT2D eigenvalue weighted by Gasteiger charge is -2.15. The van der Waals surface area contributed by atoms with Crippen molar-refractivity contribution in [1.82, 2.24) is 4.72 Å². The third-order valence-electron chi connectivity index (χ3n) is 3.77. The van der Waals surface area contributed by atoms with Crippen LogP contribution in [0, 0.1) is 11.8 Å².